The number of anilines is 1. The zero-order chi connectivity index (χ0) is 28.5. The Morgan fingerprint density at radius 2 is 1.98 bits per heavy atom. The lowest BCUT2D eigenvalue weighted by Gasteiger charge is -2.23. The molecule has 1 aromatic heterocycles. The van der Waals surface area contributed by atoms with Gasteiger partial charge >= 0.3 is 0 Å². The van der Waals surface area contributed by atoms with E-state index in [2.05, 4.69) is 52.7 Å². The fraction of sp³-hybridized carbons (Fsp3) is 0.226. The van der Waals surface area contributed by atoms with Gasteiger partial charge in [-0.15, -0.1) is 6.58 Å². The van der Waals surface area contributed by atoms with Crippen molar-refractivity contribution in [3.05, 3.63) is 108 Å². The van der Waals surface area contributed by atoms with Crippen molar-refractivity contribution in [3.8, 4) is 5.75 Å². The topological polar surface area (TPSA) is 113 Å². The minimum absolute atomic E-state index is 0.220. The van der Waals surface area contributed by atoms with Crippen LogP contribution in [-0.2, 0) is 23.0 Å². The maximum atomic E-state index is 11.5. The highest BCUT2D eigenvalue weighted by atomic mass is 32.2. The molecule has 40 heavy (non-hydrogen) atoms. The highest BCUT2D eigenvalue weighted by Crippen LogP contribution is 2.36. The normalized spacial score (nSPS) is 13.1. The number of hydrazone groups is 1. The average molecular weight is 559 g/mol. The third kappa shape index (κ3) is 7.25. The quantitative estimate of drug-likeness (QED) is 0.0789. The molecule has 2 aromatic carbocycles. The van der Waals surface area contributed by atoms with Crippen LogP contribution in [0.2, 0.25) is 0 Å². The van der Waals surface area contributed by atoms with Crippen LogP contribution in [0.5, 0.6) is 5.75 Å². The Hall–Kier alpha value is -4.21. The Bertz CT molecular complexity index is 1530. The molecular weight excluding hydrogens is 524 g/mol. The van der Waals surface area contributed by atoms with E-state index < -0.39 is 10.1 Å². The molecule has 0 spiro atoms. The monoisotopic (exact) mass is 558 g/mol. The van der Waals surface area contributed by atoms with Gasteiger partial charge in [0, 0.05) is 35.1 Å². The van der Waals surface area contributed by atoms with Crippen molar-refractivity contribution in [2.45, 2.75) is 37.0 Å². The molecule has 3 aromatic rings. The summed E-state index contributed by atoms with van der Waals surface area (Å²) < 4.78 is 38.5. The number of hydrogen-bond donors (Lipinski definition) is 3. The van der Waals surface area contributed by atoms with Gasteiger partial charge in [0.15, 0.2) is 0 Å². The summed E-state index contributed by atoms with van der Waals surface area (Å²) in [5, 5.41) is 7.34. The molecule has 9 heteroatoms. The summed E-state index contributed by atoms with van der Waals surface area (Å²) in [6, 6.07) is 13.8. The van der Waals surface area contributed by atoms with E-state index in [9.17, 15) is 13.0 Å². The number of rotatable bonds is 13. The second kappa shape index (κ2) is 13.2. The van der Waals surface area contributed by atoms with E-state index in [4.69, 9.17) is 4.74 Å². The van der Waals surface area contributed by atoms with Crippen LogP contribution in [0, 0.1) is 0 Å². The van der Waals surface area contributed by atoms with Crippen LogP contribution in [0.15, 0.2) is 90.5 Å². The van der Waals surface area contributed by atoms with Crippen LogP contribution < -0.4 is 15.5 Å². The molecule has 4 rings (SSSR count). The van der Waals surface area contributed by atoms with E-state index in [1.807, 2.05) is 12.1 Å². The summed E-state index contributed by atoms with van der Waals surface area (Å²) >= 11 is 0. The number of nitrogens with zero attached hydrogens (tertiary/aromatic N) is 2. The maximum Gasteiger partial charge on any atom is 0.295 e. The first-order valence-corrected chi connectivity index (χ1v) is 14.5. The minimum atomic E-state index is -4.34. The summed E-state index contributed by atoms with van der Waals surface area (Å²) in [6.45, 7) is 13.5. The summed E-state index contributed by atoms with van der Waals surface area (Å²) in [4.78, 5) is 4.10. The zero-order valence-corrected chi connectivity index (χ0v) is 23.2. The van der Waals surface area contributed by atoms with Crippen molar-refractivity contribution in [3.63, 3.8) is 0 Å². The molecule has 0 aliphatic heterocycles. The van der Waals surface area contributed by atoms with Crippen LogP contribution in [0.25, 0.3) is 11.3 Å². The second-order valence-electron chi connectivity index (χ2n) is 9.44. The van der Waals surface area contributed by atoms with Crippen molar-refractivity contribution in [2.75, 3.05) is 18.6 Å². The van der Waals surface area contributed by atoms with Gasteiger partial charge in [-0.3, -0.25) is 9.98 Å². The van der Waals surface area contributed by atoms with Gasteiger partial charge in [-0.25, -0.2) is 4.98 Å². The number of aromatic nitrogens is 1. The molecule has 0 fully saturated rings. The van der Waals surface area contributed by atoms with Gasteiger partial charge in [-0.1, -0.05) is 43.5 Å². The average Bonchev–Trinajstić information content (AvgIpc) is 2.94. The van der Waals surface area contributed by atoms with E-state index in [1.54, 1.807) is 18.3 Å². The SMILES string of the molecule is C=CCc1c(OCCCNC(=C)c2ccc(N/N=C/c3ccccc3S(=O)(=O)O)nc2)ccc2c1CCCC2=C. The Morgan fingerprint density at radius 1 is 1.15 bits per heavy atom. The standard InChI is InChI=1S/C31H34N4O4S/c1-4-9-28-27-12-7-10-22(2)26(27)15-16-29(28)39-19-8-18-32-23(3)24-14-17-31(33-20-24)35-34-21-25-11-5-6-13-30(25)40(36,37)38/h4-6,11,13-17,20-21,32H,1-3,7-10,12,18-19H2,(H,33,35)(H,36,37,38)/b34-21+. The van der Waals surface area contributed by atoms with Crippen LogP contribution >= 0.6 is 0 Å². The van der Waals surface area contributed by atoms with Crippen molar-refractivity contribution < 1.29 is 17.7 Å². The van der Waals surface area contributed by atoms with Gasteiger partial charge in [-0.2, -0.15) is 13.5 Å². The number of hydrogen-bond acceptors (Lipinski definition) is 7. The van der Waals surface area contributed by atoms with Gasteiger partial charge in [0.1, 0.15) is 16.5 Å². The highest BCUT2D eigenvalue weighted by Gasteiger charge is 2.19. The highest BCUT2D eigenvalue weighted by molar-refractivity contribution is 7.86. The van der Waals surface area contributed by atoms with E-state index in [1.165, 1.54) is 46.7 Å². The first-order valence-electron chi connectivity index (χ1n) is 13.1. The van der Waals surface area contributed by atoms with Crippen molar-refractivity contribution in [2.24, 2.45) is 5.10 Å². The Balaban J connectivity index is 1.25. The van der Waals surface area contributed by atoms with Gasteiger partial charge in [0.25, 0.3) is 10.1 Å². The maximum absolute atomic E-state index is 11.5. The molecule has 0 saturated carbocycles. The molecule has 1 aliphatic rings. The Kier molecular flexibility index (Phi) is 9.52. The molecule has 0 saturated heterocycles. The van der Waals surface area contributed by atoms with Crippen LogP contribution in [0.3, 0.4) is 0 Å². The minimum Gasteiger partial charge on any atom is -0.493 e. The van der Waals surface area contributed by atoms with E-state index in [0.717, 1.165) is 49.1 Å². The third-order valence-electron chi connectivity index (χ3n) is 6.63. The summed E-state index contributed by atoms with van der Waals surface area (Å²) in [7, 11) is -4.34. The van der Waals surface area contributed by atoms with Crippen LogP contribution in [0.4, 0.5) is 5.82 Å². The number of ether oxygens (including phenoxy) is 1. The number of benzene rings is 2. The molecule has 1 aliphatic carbocycles. The van der Waals surface area contributed by atoms with Gasteiger partial charge in [0.2, 0.25) is 0 Å². The molecule has 0 atom stereocenters. The van der Waals surface area contributed by atoms with Gasteiger partial charge < -0.3 is 10.1 Å². The molecule has 0 amide bonds. The first kappa shape index (κ1) is 28.8. The number of fused-ring (bicyclic) bond motifs is 1. The lowest BCUT2D eigenvalue weighted by Crippen LogP contribution is -2.16. The van der Waals surface area contributed by atoms with E-state index in [-0.39, 0.29) is 10.5 Å². The van der Waals surface area contributed by atoms with Crippen LogP contribution in [0.1, 0.15) is 47.1 Å². The van der Waals surface area contributed by atoms with Gasteiger partial charge in [-0.05, 0) is 73.1 Å². The summed E-state index contributed by atoms with van der Waals surface area (Å²) in [6.07, 6.45) is 9.69. The predicted octanol–water partition coefficient (Wildman–Crippen LogP) is 5.88. The molecule has 3 N–H and O–H groups in total. The summed E-state index contributed by atoms with van der Waals surface area (Å²) in [5.41, 5.74) is 9.61. The fourth-order valence-corrected chi connectivity index (χ4v) is 5.30. The van der Waals surface area contributed by atoms with E-state index >= 15 is 0 Å². The molecule has 8 nitrogen and oxygen atoms in total. The first-order chi connectivity index (χ1) is 19.3. The van der Waals surface area contributed by atoms with Crippen molar-refractivity contribution in [1.29, 1.82) is 0 Å². The fourth-order valence-electron chi connectivity index (χ4n) is 4.63. The predicted molar refractivity (Wildman–Crippen MR) is 161 cm³/mol. The molecule has 0 bridgehead atoms. The number of nitrogens with one attached hydrogen (secondary N) is 2. The number of pyridine rings is 1. The van der Waals surface area contributed by atoms with Gasteiger partial charge in [0.05, 0.1) is 12.8 Å². The van der Waals surface area contributed by atoms with Crippen LogP contribution in [-0.4, -0.2) is 37.3 Å². The van der Waals surface area contributed by atoms with Crippen molar-refractivity contribution in [1.82, 2.24) is 10.3 Å². The Morgan fingerprint density at radius 3 is 2.73 bits per heavy atom. The molecule has 1 heterocycles. The lowest BCUT2D eigenvalue weighted by molar-refractivity contribution is 0.308. The third-order valence-corrected chi connectivity index (χ3v) is 7.56. The van der Waals surface area contributed by atoms with E-state index in [0.29, 0.717) is 19.0 Å². The summed E-state index contributed by atoms with van der Waals surface area (Å²) in [5.74, 6) is 1.39. The molecule has 208 valence electrons. The van der Waals surface area contributed by atoms with Crippen molar-refractivity contribution >= 4 is 33.4 Å². The molecular formula is C31H34N4O4S. The smallest absolute Gasteiger partial charge is 0.295 e. The number of allylic oxidation sites excluding steroid dienone is 2. The molecule has 0 radical (unpaired) electrons. The largest absolute Gasteiger partial charge is 0.493 e. The lowest BCUT2D eigenvalue weighted by atomic mass is 9.84. The molecule has 0 unspecified atom stereocenters. The second-order valence-corrected chi connectivity index (χ2v) is 10.8. The Labute approximate surface area is 236 Å². The zero-order valence-electron chi connectivity index (χ0n) is 22.4.